The Morgan fingerprint density at radius 2 is 2.25 bits per heavy atom. The van der Waals surface area contributed by atoms with Crippen molar-refractivity contribution < 1.29 is 4.74 Å². The third-order valence-electron chi connectivity index (χ3n) is 1.64. The van der Waals surface area contributed by atoms with Crippen LogP contribution in [0.25, 0.3) is 0 Å². The smallest absolute Gasteiger partial charge is 0.0491 e. The van der Waals surface area contributed by atoms with Crippen LogP contribution in [0.5, 0.6) is 0 Å². The van der Waals surface area contributed by atoms with Crippen LogP contribution in [0.2, 0.25) is 0 Å². The zero-order valence-electron chi connectivity index (χ0n) is 5.52. The van der Waals surface area contributed by atoms with Crippen LogP contribution in [0.15, 0.2) is 0 Å². The van der Waals surface area contributed by atoms with Crippen molar-refractivity contribution in [3.8, 4) is 0 Å². The molecule has 0 aromatic carbocycles. The van der Waals surface area contributed by atoms with E-state index in [1.54, 1.807) is 0 Å². The molecule has 1 rings (SSSR count). The van der Waals surface area contributed by atoms with Crippen LogP contribution in [0.4, 0.5) is 0 Å². The fraction of sp³-hybridized carbons (Fsp3) is 1.00. The minimum Gasteiger partial charge on any atom is -0.381 e. The number of hydrogen-bond donors (Lipinski definition) is 0. The monoisotopic (exact) mass is 114 g/mol. The van der Waals surface area contributed by atoms with E-state index in [4.69, 9.17) is 4.74 Å². The highest BCUT2D eigenvalue weighted by Crippen LogP contribution is 2.11. The molecule has 1 unspecified atom stereocenters. The third-order valence-corrected chi connectivity index (χ3v) is 1.64. The van der Waals surface area contributed by atoms with Crippen LogP contribution in [0, 0.1) is 5.92 Å². The highest BCUT2D eigenvalue weighted by atomic mass is 16.5. The first-order valence-corrected chi connectivity index (χ1v) is 3.47. The van der Waals surface area contributed by atoms with Crippen molar-refractivity contribution in [2.45, 2.75) is 26.2 Å². The van der Waals surface area contributed by atoms with Gasteiger partial charge in [-0.15, -0.1) is 0 Å². The SMILES string of the molecule is CC1CCCCOC1. The van der Waals surface area contributed by atoms with Gasteiger partial charge in [-0.1, -0.05) is 13.3 Å². The van der Waals surface area contributed by atoms with E-state index in [9.17, 15) is 0 Å². The van der Waals surface area contributed by atoms with Gasteiger partial charge < -0.3 is 4.74 Å². The van der Waals surface area contributed by atoms with Crippen molar-refractivity contribution in [2.24, 2.45) is 5.92 Å². The van der Waals surface area contributed by atoms with E-state index in [1.165, 1.54) is 19.3 Å². The summed E-state index contributed by atoms with van der Waals surface area (Å²) in [6.45, 7) is 4.23. The van der Waals surface area contributed by atoms with Gasteiger partial charge in [0.25, 0.3) is 0 Å². The molecule has 0 amide bonds. The molecule has 8 heavy (non-hydrogen) atoms. The standard InChI is InChI=1S/C7H14O/c1-7-4-2-3-5-8-6-7/h7H,2-6H2,1H3. The normalized spacial score (nSPS) is 31.9. The topological polar surface area (TPSA) is 9.23 Å². The zero-order chi connectivity index (χ0) is 5.82. The van der Waals surface area contributed by atoms with Gasteiger partial charge in [-0.05, 0) is 18.8 Å². The van der Waals surface area contributed by atoms with Gasteiger partial charge in [-0.2, -0.15) is 0 Å². The fourth-order valence-corrected chi connectivity index (χ4v) is 1.06. The predicted octanol–water partition coefficient (Wildman–Crippen LogP) is 1.82. The van der Waals surface area contributed by atoms with Crippen LogP contribution in [-0.2, 0) is 4.74 Å². The summed E-state index contributed by atoms with van der Waals surface area (Å²) >= 11 is 0. The fourth-order valence-electron chi connectivity index (χ4n) is 1.06. The molecule has 0 aliphatic carbocycles. The van der Waals surface area contributed by atoms with Gasteiger partial charge >= 0.3 is 0 Å². The lowest BCUT2D eigenvalue weighted by molar-refractivity contribution is 0.121. The number of ether oxygens (including phenoxy) is 1. The summed E-state index contributed by atoms with van der Waals surface area (Å²) < 4.78 is 5.31. The van der Waals surface area contributed by atoms with E-state index < -0.39 is 0 Å². The van der Waals surface area contributed by atoms with E-state index in [1.807, 2.05) is 0 Å². The first-order valence-electron chi connectivity index (χ1n) is 3.47. The van der Waals surface area contributed by atoms with Gasteiger partial charge in [-0.25, -0.2) is 0 Å². The van der Waals surface area contributed by atoms with Gasteiger partial charge in [-0.3, -0.25) is 0 Å². The van der Waals surface area contributed by atoms with Crippen molar-refractivity contribution in [1.82, 2.24) is 0 Å². The Morgan fingerprint density at radius 3 is 3.12 bits per heavy atom. The lowest BCUT2D eigenvalue weighted by atomic mass is 10.1. The second-order valence-corrected chi connectivity index (χ2v) is 2.68. The predicted molar refractivity (Wildman–Crippen MR) is 33.8 cm³/mol. The van der Waals surface area contributed by atoms with Crippen molar-refractivity contribution in [1.29, 1.82) is 0 Å². The Hall–Kier alpha value is -0.0400. The number of rotatable bonds is 0. The van der Waals surface area contributed by atoms with E-state index in [0.717, 1.165) is 19.1 Å². The minimum absolute atomic E-state index is 0.803. The maximum atomic E-state index is 5.31. The van der Waals surface area contributed by atoms with Crippen molar-refractivity contribution in [3.63, 3.8) is 0 Å². The summed E-state index contributed by atoms with van der Waals surface area (Å²) in [7, 11) is 0. The van der Waals surface area contributed by atoms with Crippen molar-refractivity contribution in [2.75, 3.05) is 13.2 Å². The average molecular weight is 114 g/mol. The second kappa shape index (κ2) is 3.08. The Labute approximate surface area is 51.0 Å². The van der Waals surface area contributed by atoms with Crippen LogP contribution < -0.4 is 0 Å². The molecular weight excluding hydrogens is 100 g/mol. The summed E-state index contributed by atoms with van der Waals surface area (Å²) in [6, 6.07) is 0. The number of hydrogen-bond acceptors (Lipinski definition) is 1. The third kappa shape index (κ3) is 1.83. The van der Waals surface area contributed by atoms with Gasteiger partial charge in [0.15, 0.2) is 0 Å². The molecule has 1 heteroatoms. The highest BCUT2D eigenvalue weighted by Gasteiger charge is 2.05. The van der Waals surface area contributed by atoms with Crippen molar-refractivity contribution >= 4 is 0 Å². The van der Waals surface area contributed by atoms with Gasteiger partial charge in [0, 0.05) is 13.2 Å². The van der Waals surface area contributed by atoms with E-state index in [2.05, 4.69) is 6.92 Å². The molecule has 1 atom stereocenters. The second-order valence-electron chi connectivity index (χ2n) is 2.68. The molecule has 0 aromatic heterocycles. The van der Waals surface area contributed by atoms with Gasteiger partial charge in [0.05, 0.1) is 0 Å². The Kier molecular flexibility index (Phi) is 2.34. The first kappa shape index (κ1) is 6.09. The van der Waals surface area contributed by atoms with E-state index in [0.29, 0.717) is 0 Å². The molecular formula is C7H14O. The maximum absolute atomic E-state index is 5.31. The van der Waals surface area contributed by atoms with Crippen LogP contribution in [-0.4, -0.2) is 13.2 Å². The summed E-state index contributed by atoms with van der Waals surface area (Å²) in [5.41, 5.74) is 0. The molecule has 1 saturated heterocycles. The van der Waals surface area contributed by atoms with E-state index in [-0.39, 0.29) is 0 Å². The largest absolute Gasteiger partial charge is 0.381 e. The maximum Gasteiger partial charge on any atom is 0.0491 e. The molecule has 1 nitrogen and oxygen atoms in total. The zero-order valence-corrected chi connectivity index (χ0v) is 5.52. The molecule has 1 heterocycles. The molecule has 1 aliphatic rings. The molecule has 48 valence electrons. The molecule has 0 radical (unpaired) electrons. The Morgan fingerprint density at radius 1 is 1.38 bits per heavy atom. The molecule has 0 spiro atoms. The minimum atomic E-state index is 0.803. The Bertz CT molecular complexity index is 53.4. The van der Waals surface area contributed by atoms with Gasteiger partial charge in [0.2, 0.25) is 0 Å². The average Bonchev–Trinajstić information content (AvgIpc) is 1.94. The molecule has 1 fully saturated rings. The molecule has 0 N–H and O–H groups in total. The van der Waals surface area contributed by atoms with Crippen LogP contribution >= 0.6 is 0 Å². The highest BCUT2D eigenvalue weighted by molar-refractivity contribution is 4.55. The van der Waals surface area contributed by atoms with Crippen molar-refractivity contribution in [3.05, 3.63) is 0 Å². The Balaban J connectivity index is 2.17. The van der Waals surface area contributed by atoms with Crippen LogP contribution in [0.3, 0.4) is 0 Å². The summed E-state index contributed by atoms with van der Waals surface area (Å²) in [5.74, 6) is 0.803. The molecule has 1 aliphatic heterocycles. The summed E-state index contributed by atoms with van der Waals surface area (Å²) in [4.78, 5) is 0. The lowest BCUT2D eigenvalue weighted by Gasteiger charge is -2.03. The quantitative estimate of drug-likeness (QED) is 0.466. The summed E-state index contributed by atoms with van der Waals surface area (Å²) in [6.07, 6.45) is 3.99. The van der Waals surface area contributed by atoms with Gasteiger partial charge in [0.1, 0.15) is 0 Å². The summed E-state index contributed by atoms with van der Waals surface area (Å²) in [5, 5.41) is 0. The molecule has 0 aromatic rings. The first-order chi connectivity index (χ1) is 3.89. The molecule has 0 saturated carbocycles. The van der Waals surface area contributed by atoms with Crippen LogP contribution in [0.1, 0.15) is 26.2 Å². The van der Waals surface area contributed by atoms with E-state index >= 15 is 0 Å². The molecule has 0 bridgehead atoms. The lowest BCUT2D eigenvalue weighted by Crippen LogP contribution is -2.00.